The molecule has 1 fully saturated rings. The van der Waals surface area contributed by atoms with Crippen LogP contribution in [0, 0.1) is 25.7 Å². The normalized spacial score (nSPS) is 22.3. The van der Waals surface area contributed by atoms with Gasteiger partial charge >= 0.3 is 5.97 Å². The molecular weight excluding hydrogens is 254 g/mol. The molecule has 1 aromatic carbocycles. The van der Waals surface area contributed by atoms with Crippen LogP contribution >= 0.6 is 0 Å². The molecule has 1 aliphatic carbocycles. The Hall–Kier alpha value is -1.84. The van der Waals surface area contributed by atoms with E-state index < -0.39 is 5.97 Å². The molecule has 1 saturated carbocycles. The van der Waals surface area contributed by atoms with Crippen LogP contribution in [0.3, 0.4) is 0 Å². The molecule has 4 nitrogen and oxygen atoms in total. The Morgan fingerprint density at radius 1 is 1.10 bits per heavy atom. The largest absolute Gasteiger partial charge is 0.481 e. The fourth-order valence-corrected chi connectivity index (χ4v) is 2.71. The van der Waals surface area contributed by atoms with Crippen molar-refractivity contribution in [2.45, 2.75) is 39.5 Å². The summed E-state index contributed by atoms with van der Waals surface area (Å²) in [6.45, 7) is 3.96. The van der Waals surface area contributed by atoms with Crippen LogP contribution in [0.5, 0.6) is 0 Å². The number of carbonyl (C=O) groups is 2. The second kappa shape index (κ2) is 6.07. The van der Waals surface area contributed by atoms with E-state index in [0.29, 0.717) is 25.7 Å². The number of anilines is 1. The number of aliphatic carboxylic acids is 1. The Labute approximate surface area is 119 Å². The van der Waals surface area contributed by atoms with Crippen molar-refractivity contribution in [3.63, 3.8) is 0 Å². The minimum Gasteiger partial charge on any atom is -0.481 e. The number of benzene rings is 1. The van der Waals surface area contributed by atoms with Gasteiger partial charge in [0.05, 0.1) is 5.92 Å². The molecule has 0 bridgehead atoms. The summed E-state index contributed by atoms with van der Waals surface area (Å²) >= 11 is 0. The summed E-state index contributed by atoms with van der Waals surface area (Å²) in [6.07, 6.45) is 2.52. The predicted octanol–water partition coefficient (Wildman–Crippen LogP) is 3.13. The van der Waals surface area contributed by atoms with Gasteiger partial charge in [-0.05, 0) is 56.7 Å². The number of carboxylic acid groups (broad SMARTS) is 1. The SMILES string of the molecule is Cc1ccc(C)c(NC(=O)C2CCC(C(=O)O)CC2)c1. The molecule has 0 unspecified atom stereocenters. The first-order valence-electron chi connectivity index (χ1n) is 7.08. The zero-order valence-electron chi connectivity index (χ0n) is 12.0. The molecule has 0 aliphatic heterocycles. The molecule has 0 atom stereocenters. The first-order valence-corrected chi connectivity index (χ1v) is 7.08. The van der Waals surface area contributed by atoms with Gasteiger partial charge < -0.3 is 10.4 Å². The maximum absolute atomic E-state index is 12.2. The van der Waals surface area contributed by atoms with Gasteiger partial charge in [-0.15, -0.1) is 0 Å². The molecule has 1 aromatic rings. The number of hydrogen-bond acceptors (Lipinski definition) is 2. The van der Waals surface area contributed by atoms with Crippen LogP contribution in [0.15, 0.2) is 18.2 Å². The molecule has 0 spiro atoms. The highest BCUT2D eigenvalue weighted by Crippen LogP contribution is 2.30. The van der Waals surface area contributed by atoms with Gasteiger partial charge in [0, 0.05) is 11.6 Å². The van der Waals surface area contributed by atoms with Gasteiger partial charge in [-0.2, -0.15) is 0 Å². The molecular formula is C16H21NO3. The standard InChI is InChI=1S/C16H21NO3/c1-10-3-4-11(2)14(9-10)17-15(18)12-5-7-13(8-6-12)16(19)20/h3-4,9,12-13H,5-8H2,1-2H3,(H,17,18)(H,19,20). The van der Waals surface area contributed by atoms with E-state index >= 15 is 0 Å². The van der Waals surface area contributed by atoms with Crippen LogP contribution in [0.4, 0.5) is 5.69 Å². The first kappa shape index (κ1) is 14.6. The highest BCUT2D eigenvalue weighted by atomic mass is 16.4. The van der Waals surface area contributed by atoms with E-state index in [9.17, 15) is 9.59 Å². The third kappa shape index (κ3) is 3.38. The molecule has 20 heavy (non-hydrogen) atoms. The van der Waals surface area contributed by atoms with Crippen LogP contribution < -0.4 is 5.32 Å². The van der Waals surface area contributed by atoms with E-state index in [2.05, 4.69) is 5.32 Å². The molecule has 1 aliphatic rings. The predicted molar refractivity (Wildman–Crippen MR) is 77.6 cm³/mol. The van der Waals surface area contributed by atoms with Crippen LogP contribution in [0.25, 0.3) is 0 Å². The first-order chi connectivity index (χ1) is 9.47. The highest BCUT2D eigenvalue weighted by Gasteiger charge is 2.29. The van der Waals surface area contributed by atoms with Crippen molar-refractivity contribution >= 4 is 17.6 Å². The zero-order chi connectivity index (χ0) is 14.7. The summed E-state index contributed by atoms with van der Waals surface area (Å²) in [5.74, 6) is -1.06. The Bertz CT molecular complexity index is 516. The van der Waals surface area contributed by atoms with E-state index in [-0.39, 0.29) is 17.7 Å². The summed E-state index contributed by atoms with van der Waals surface area (Å²) in [4.78, 5) is 23.2. The zero-order valence-corrected chi connectivity index (χ0v) is 12.0. The number of carbonyl (C=O) groups excluding carboxylic acids is 1. The topological polar surface area (TPSA) is 66.4 Å². The third-order valence-electron chi connectivity index (χ3n) is 4.10. The van der Waals surface area contributed by atoms with Gasteiger partial charge in [-0.1, -0.05) is 12.1 Å². The van der Waals surface area contributed by atoms with Crippen molar-refractivity contribution in [3.05, 3.63) is 29.3 Å². The average molecular weight is 275 g/mol. The number of amides is 1. The Balaban J connectivity index is 1.96. The quantitative estimate of drug-likeness (QED) is 0.890. The Morgan fingerprint density at radius 3 is 2.30 bits per heavy atom. The molecule has 0 radical (unpaired) electrons. The van der Waals surface area contributed by atoms with Crippen molar-refractivity contribution in [3.8, 4) is 0 Å². The number of carboxylic acids is 1. The van der Waals surface area contributed by atoms with Crippen LogP contribution in [0.2, 0.25) is 0 Å². The molecule has 4 heteroatoms. The molecule has 1 amide bonds. The summed E-state index contributed by atoms with van der Waals surface area (Å²) in [7, 11) is 0. The molecule has 0 aromatic heterocycles. The van der Waals surface area contributed by atoms with Crippen molar-refractivity contribution in [2.24, 2.45) is 11.8 Å². The van der Waals surface area contributed by atoms with E-state index in [0.717, 1.165) is 16.8 Å². The minimum absolute atomic E-state index is 0.0162. The van der Waals surface area contributed by atoms with Crippen molar-refractivity contribution in [2.75, 3.05) is 5.32 Å². The lowest BCUT2D eigenvalue weighted by molar-refractivity contribution is -0.143. The smallest absolute Gasteiger partial charge is 0.306 e. The van der Waals surface area contributed by atoms with Gasteiger partial charge in [0.2, 0.25) is 5.91 Å². The lowest BCUT2D eigenvalue weighted by atomic mass is 9.81. The monoisotopic (exact) mass is 275 g/mol. The lowest BCUT2D eigenvalue weighted by Gasteiger charge is -2.25. The fourth-order valence-electron chi connectivity index (χ4n) is 2.71. The summed E-state index contributed by atoms with van der Waals surface area (Å²) in [5, 5.41) is 11.9. The van der Waals surface area contributed by atoms with Gasteiger partial charge in [0.25, 0.3) is 0 Å². The van der Waals surface area contributed by atoms with Crippen LogP contribution in [-0.4, -0.2) is 17.0 Å². The molecule has 108 valence electrons. The van der Waals surface area contributed by atoms with Crippen LogP contribution in [-0.2, 0) is 9.59 Å². The number of rotatable bonds is 3. The summed E-state index contributed by atoms with van der Waals surface area (Å²) < 4.78 is 0. The number of aryl methyl sites for hydroxylation is 2. The minimum atomic E-state index is -0.738. The Morgan fingerprint density at radius 2 is 1.70 bits per heavy atom. The second-order valence-corrected chi connectivity index (χ2v) is 5.69. The molecule has 2 N–H and O–H groups in total. The van der Waals surface area contributed by atoms with Gasteiger partial charge in [0.1, 0.15) is 0 Å². The average Bonchev–Trinajstić information content (AvgIpc) is 2.43. The third-order valence-corrected chi connectivity index (χ3v) is 4.10. The van der Waals surface area contributed by atoms with E-state index in [1.54, 1.807) is 0 Å². The van der Waals surface area contributed by atoms with Crippen molar-refractivity contribution in [1.29, 1.82) is 0 Å². The van der Waals surface area contributed by atoms with Gasteiger partial charge in [-0.3, -0.25) is 9.59 Å². The van der Waals surface area contributed by atoms with Crippen molar-refractivity contribution < 1.29 is 14.7 Å². The van der Waals surface area contributed by atoms with Gasteiger partial charge in [-0.25, -0.2) is 0 Å². The maximum atomic E-state index is 12.2. The van der Waals surface area contributed by atoms with E-state index in [1.165, 1.54) is 0 Å². The molecule has 0 heterocycles. The molecule has 2 rings (SSSR count). The maximum Gasteiger partial charge on any atom is 0.306 e. The van der Waals surface area contributed by atoms with Crippen molar-refractivity contribution in [1.82, 2.24) is 0 Å². The number of nitrogens with one attached hydrogen (secondary N) is 1. The lowest BCUT2D eigenvalue weighted by Crippen LogP contribution is -2.29. The summed E-state index contributed by atoms with van der Waals surface area (Å²) in [5.41, 5.74) is 3.01. The van der Waals surface area contributed by atoms with Gasteiger partial charge in [0.15, 0.2) is 0 Å². The highest BCUT2D eigenvalue weighted by molar-refractivity contribution is 5.93. The Kier molecular flexibility index (Phi) is 4.42. The summed E-state index contributed by atoms with van der Waals surface area (Å²) in [6, 6.07) is 5.98. The van der Waals surface area contributed by atoms with E-state index in [4.69, 9.17) is 5.11 Å². The molecule has 0 saturated heterocycles. The van der Waals surface area contributed by atoms with E-state index in [1.807, 2.05) is 32.0 Å². The fraction of sp³-hybridized carbons (Fsp3) is 0.500. The second-order valence-electron chi connectivity index (χ2n) is 5.69. The number of hydrogen-bond donors (Lipinski definition) is 2. The van der Waals surface area contributed by atoms with Crippen LogP contribution in [0.1, 0.15) is 36.8 Å².